The van der Waals surface area contributed by atoms with E-state index in [1.54, 1.807) is 18.2 Å². The van der Waals surface area contributed by atoms with Gasteiger partial charge in [0.1, 0.15) is 16.6 Å². The Hall–Kier alpha value is -2.68. The monoisotopic (exact) mass is 531 g/mol. The smallest absolute Gasteiger partial charge is 0.263 e. The molecule has 2 aromatic carbocycles. The number of halogens is 2. The number of nitrogens with one attached hydrogen (secondary N) is 1. The summed E-state index contributed by atoms with van der Waals surface area (Å²) in [4.78, 5) is 31.7. The van der Waals surface area contributed by atoms with Gasteiger partial charge in [-0.3, -0.25) is 14.2 Å². The number of benzene rings is 2. The van der Waals surface area contributed by atoms with Crippen LogP contribution in [0.5, 0.6) is 5.75 Å². The molecule has 0 saturated carbocycles. The first-order valence-electron chi connectivity index (χ1n) is 9.81. The Morgan fingerprint density at radius 1 is 1.28 bits per heavy atom. The zero-order chi connectivity index (χ0) is 22.8. The van der Waals surface area contributed by atoms with Gasteiger partial charge in [0, 0.05) is 20.4 Å². The second kappa shape index (κ2) is 9.44. The molecule has 6 nitrogen and oxygen atoms in total. The van der Waals surface area contributed by atoms with Gasteiger partial charge in [-0.15, -0.1) is 11.3 Å². The minimum atomic E-state index is -0.749. The molecule has 9 heteroatoms. The first-order valence-corrected chi connectivity index (χ1v) is 11.9. The summed E-state index contributed by atoms with van der Waals surface area (Å²) in [5.74, 6) is 0.130. The number of carbonyl (C=O) groups is 1. The Morgan fingerprint density at radius 2 is 2.03 bits per heavy atom. The number of anilines is 1. The summed E-state index contributed by atoms with van der Waals surface area (Å²) in [6.45, 7) is 1.85. The van der Waals surface area contributed by atoms with Gasteiger partial charge in [0.2, 0.25) is 5.91 Å². The van der Waals surface area contributed by atoms with Crippen molar-refractivity contribution in [1.82, 2.24) is 9.55 Å². The van der Waals surface area contributed by atoms with Crippen LogP contribution in [0.3, 0.4) is 0 Å². The molecule has 2 aromatic heterocycles. The first-order chi connectivity index (χ1) is 15.4. The second-order valence-electron chi connectivity index (χ2n) is 7.05. The van der Waals surface area contributed by atoms with Crippen LogP contribution >= 0.6 is 38.9 Å². The van der Waals surface area contributed by atoms with Crippen molar-refractivity contribution < 1.29 is 9.53 Å². The van der Waals surface area contributed by atoms with E-state index in [-0.39, 0.29) is 11.5 Å². The number of thiophene rings is 1. The van der Waals surface area contributed by atoms with Crippen LogP contribution in [0.1, 0.15) is 19.4 Å². The van der Waals surface area contributed by atoms with Crippen molar-refractivity contribution in [2.24, 2.45) is 0 Å². The number of hydrogen-bond donors (Lipinski definition) is 1. The van der Waals surface area contributed by atoms with Gasteiger partial charge in [0.25, 0.3) is 5.56 Å². The zero-order valence-electron chi connectivity index (χ0n) is 17.3. The summed E-state index contributed by atoms with van der Waals surface area (Å²) in [6, 6.07) is 11.9. The van der Waals surface area contributed by atoms with E-state index in [2.05, 4.69) is 26.2 Å². The van der Waals surface area contributed by atoms with Crippen molar-refractivity contribution in [3.8, 4) is 16.9 Å². The number of hydrogen-bond acceptors (Lipinski definition) is 5. The van der Waals surface area contributed by atoms with Crippen LogP contribution in [0, 0.1) is 0 Å². The van der Waals surface area contributed by atoms with Gasteiger partial charge in [-0.05, 0) is 42.3 Å². The van der Waals surface area contributed by atoms with E-state index in [0.29, 0.717) is 33.1 Å². The average Bonchev–Trinajstić information content (AvgIpc) is 3.21. The number of nitrogens with zero attached hydrogens (tertiary/aromatic N) is 2. The summed E-state index contributed by atoms with van der Waals surface area (Å²) < 4.78 is 7.65. The van der Waals surface area contributed by atoms with E-state index in [0.717, 1.165) is 15.6 Å². The molecular weight excluding hydrogens is 514 g/mol. The van der Waals surface area contributed by atoms with Crippen LogP contribution in [0.2, 0.25) is 5.02 Å². The van der Waals surface area contributed by atoms with Crippen LogP contribution < -0.4 is 15.6 Å². The quantitative estimate of drug-likeness (QED) is 0.324. The number of methoxy groups -OCH3 is 1. The highest BCUT2D eigenvalue weighted by molar-refractivity contribution is 9.10. The minimum absolute atomic E-state index is 0.255. The van der Waals surface area contributed by atoms with E-state index in [9.17, 15) is 9.59 Å². The Bertz CT molecular complexity index is 1350. The lowest BCUT2D eigenvalue weighted by molar-refractivity contribution is -0.119. The normalized spacial score (nSPS) is 12.0. The summed E-state index contributed by atoms with van der Waals surface area (Å²) in [5, 5.41) is 5.73. The molecule has 32 heavy (non-hydrogen) atoms. The van der Waals surface area contributed by atoms with Crippen LogP contribution in [-0.2, 0) is 4.79 Å². The predicted octanol–water partition coefficient (Wildman–Crippen LogP) is 6.14. The van der Waals surface area contributed by atoms with Gasteiger partial charge >= 0.3 is 0 Å². The molecule has 0 aliphatic carbocycles. The highest BCUT2D eigenvalue weighted by Gasteiger charge is 2.23. The fraction of sp³-hybridized carbons (Fsp3) is 0.174. The maximum absolute atomic E-state index is 13.5. The molecule has 4 rings (SSSR count). The van der Waals surface area contributed by atoms with E-state index in [1.165, 1.54) is 29.3 Å². The fourth-order valence-corrected chi connectivity index (χ4v) is 4.85. The van der Waals surface area contributed by atoms with E-state index in [1.807, 2.05) is 36.6 Å². The molecule has 1 atom stereocenters. The number of aromatic nitrogens is 2. The van der Waals surface area contributed by atoms with Gasteiger partial charge < -0.3 is 10.1 Å². The molecule has 1 unspecified atom stereocenters. The molecule has 164 valence electrons. The van der Waals surface area contributed by atoms with Gasteiger partial charge in [0.05, 0.1) is 24.5 Å². The lowest BCUT2D eigenvalue weighted by Crippen LogP contribution is -2.33. The molecule has 1 N–H and O–H groups in total. The van der Waals surface area contributed by atoms with E-state index in [4.69, 9.17) is 16.3 Å². The maximum Gasteiger partial charge on any atom is 0.263 e. The molecule has 1 amide bonds. The van der Waals surface area contributed by atoms with Crippen molar-refractivity contribution in [3.05, 3.63) is 74.0 Å². The molecule has 0 fully saturated rings. The molecular formula is C23H19BrClN3O3S. The molecule has 0 bridgehead atoms. The zero-order valence-corrected chi connectivity index (χ0v) is 20.4. The highest BCUT2D eigenvalue weighted by Crippen LogP contribution is 2.32. The van der Waals surface area contributed by atoms with Crippen LogP contribution in [-0.4, -0.2) is 22.6 Å². The molecule has 0 aliphatic heterocycles. The Kier molecular flexibility index (Phi) is 6.64. The molecule has 0 spiro atoms. The predicted molar refractivity (Wildman–Crippen MR) is 133 cm³/mol. The number of carbonyl (C=O) groups excluding carboxylic acids is 1. The van der Waals surface area contributed by atoms with Gasteiger partial charge in [-0.1, -0.05) is 46.6 Å². The number of fused-ring (bicyclic) bond motifs is 1. The van der Waals surface area contributed by atoms with E-state index < -0.39 is 6.04 Å². The first kappa shape index (κ1) is 22.5. The minimum Gasteiger partial charge on any atom is -0.495 e. The SMILES string of the molecule is CCC(C(=O)Nc1cc(Cl)ccc1OC)n1cnc2scc(-c3ccc(Br)cc3)c2c1=O. The van der Waals surface area contributed by atoms with Crippen molar-refractivity contribution in [2.45, 2.75) is 19.4 Å². The Labute approximate surface area is 201 Å². The van der Waals surface area contributed by atoms with Gasteiger partial charge in [0.15, 0.2) is 0 Å². The lowest BCUT2D eigenvalue weighted by atomic mass is 10.1. The summed E-state index contributed by atoms with van der Waals surface area (Å²) in [6.07, 6.45) is 1.84. The third-order valence-corrected chi connectivity index (χ3v) is 6.77. The second-order valence-corrected chi connectivity index (χ2v) is 9.26. The van der Waals surface area contributed by atoms with Gasteiger partial charge in [-0.2, -0.15) is 0 Å². The van der Waals surface area contributed by atoms with Crippen molar-refractivity contribution in [3.63, 3.8) is 0 Å². The largest absolute Gasteiger partial charge is 0.495 e. The standard InChI is InChI=1S/C23H19BrClN3O3S/c1-3-18(21(29)27-17-10-15(25)8-9-19(17)31-2)28-12-26-22-20(23(28)30)16(11-32-22)13-4-6-14(24)7-5-13/h4-12,18H,3H2,1-2H3,(H,27,29). The maximum atomic E-state index is 13.5. The van der Waals surface area contributed by atoms with Crippen molar-refractivity contribution >= 4 is 60.7 Å². The fourth-order valence-electron chi connectivity index (χ4n) is 3.51. The van der Waals surface area contributed by atoms with Crippen molar-refractivity contribution in [2.75, 3.05) is 12.4 Å². The molecule has 0 radical (unpaired) electrons. The number of rotatable bonds is 6. The lowest BCUT2D eigenvalue weighted by Gasteiger charge is -2.19. The Balaban J connectivity index is 1.74. The molecule has 0 aliphatic rings. The molecule has 0 saturated heterocycles. The number of ether oxygens (including phenoxy) is 1. The topological polar surface area (TPSA) is 73.2 Å². The van der Waals surface area contributed by atoms with Crippen LogP contribution in [0.4, 0.5) is 5.69 Å². The van der Waals surface area contributed by atoms with Crippen LogP contribution in [0.25, 0.3) is 21.3 Å². The third-order valence-electron chi connectivity index (χ3n) is 5.12. The number of amides is 1. The average molecular weight is 533 g/mol. The third kappa shape index (κ3) is 4.30. The van der Waals surface area contributed by atoms with E-state index >= 15 is 0 Å². The molecule has 4 aromatic rings. The summed E-state index contributed by atoms with van der Waals surface area (Å²) in [7, 11) is 1.51. The summed E-state index contributed by atoms with van der Waals surface area (Å²) in [5.41, 5.74) is 1.90. The van der Waals surface area contributed by atoms with Gasteiger partial charge in [-0.25, -0.2) is 4.98 Å². The van der Waals surface area contributed by atoms with Crippen molar-refractivity contribution in [1.29, 1.82) is 0 Å². The summed E-state index contributed by atoms with van der Waals surface area (Å²) >= 11 is 10.9. The molecule has 2 heterocycles. The van der Waals surface area contributed by atoms with Crippen LogP contribution in [0.15, 0.2) is 63.4 Å². The highest BCUT2D eigenvalue weighted by atomic mass is 79.9. The Morgan fingerprint density at radius 3 is 2.72 bits per heavy atom.